The number of thiophene rings is 1. The maximum absolute atomic E-state index is 6.17. The predicted molar refractivity (Wildman–Crippen MR) is 98.3 cm³/mol. The number of rotatable bonds is 2. The molecule has 0 spiro atoms. The molecule has 5 heteroatoms. The topological polar surface area (TPSA) is 37.8 Å². The van der Waals surface area contributed by atoms with Crippen molar-refractivity contribution in [2.75, 3.05) is 5.32 Å². The van der Waals surface area contributed by atoms with Crippen molar-refractivity contribution in [2.24, 2.45) is 0 Å². The number of hydrogen-bond acceptors (Lipinski definition) is 4. The fraction of sp³-hybridized carbons (Fsp3) is 0.333. The first-order valence-corrected chi connectivity index (χ1v) is 9.13. The number of halogens is 1. The van der Waals surface area contributed by atoms with Gasteiger partial charge >= 0.3 is 0 Å². The largest absolute Gasteiger partial charge is 0.339 e. The minimum absolute atomic E-state index is 0.309. The van der Waals surface area contributed by atoms with E-state index in [2.05, 4.69) is 47.3 Å². The first-order valence-electron chi connectivity index (χ1n) is 7.94. The highest BCUT2D eigenvalue weighted by atomic mass is 35.5. The number of nitrogens with zero attached hydrogens (tertiary/aromatic N) is 2. The van der Waals surface area contributed by atoms with Crippen molar-refractivity contribution in [2.45, 2.75) is 39.5 Å². The lowest BCUT2D eigenvalue weighted by atomic mass is 9.97. The average Bonchev–Trinajstić information content (AvgIpc) is 2.89. The number of fused-ring (bicyclic) bond motifs is 3. The van der Waals surface area contributed by atoms with Crippen molar-refractivity contribution < 1.29 is 0 Å². The zero-order valence-corrected chi connectivity index (χ0v) is 14.8. The molecule has 0 saturated heterocycles. The molecule has 1 aliphatic rings. The summed E-state index contributed by atoms with van der Waals surface area (Å²) in [5.74, 6) is 0.841. The van der Waals surface area contributed by atoms with Crippen molar-refractivity contribution >= 4 is 44.7 Å². The monoisotopic (exact) mass is 343 g/mol. The molecule has 2 heterocycles. The van der Waals surface area contributed by atoms with Crippen LogP contribution < -0.4 is 5.32 Å². The van der Waals surface area contributed by atoms with Crippen LogP contribution in [-0.4, -0.2) is 9.97 Å². The molecule has 0 fully saturated rings. The third kappa shape index (κ3) is 2.70. The summed E-state index contributed by atoms with van der Waals surface area (Å²) in [6.45, 7) is 4.20. The molecule has 3 nitrogen and oxygen atoms in total. The van der Waals surface area contributed by atoms with E-state index in [0.29, 0.717) is 5.28 Å². The van der Waals surface area contributed by atoms with Gasteiger partial charge in [-0.15, -0.1) is 11.3 Å². The molecule has 0 radical (unpaired) electrons. The molecule has 23 heavy (non-hydrogen) atoms. The molecule has 0 amide bonds. The van der Waals surface area contributed by atoms with Gasteiger partial charge < -0.3 is 5.32 Å². The van der Waals surface area contributed by atoms with Gasteiger partial charge in [-0.25, -0.2) is 4.98 Å². The molecule has 0 bridgehead atoms. The van der Waals surface area contributed by atoms with E-state index < -0.39 is 0 Å². The Morgan fingerprint density at radius 2 is 1.96 bits per heavy atom. The van der Waals surface area contributed by atoms with Crippen LogP contribution in [0.2, 0.25) is 5.28 Å². The Kier molecular flexibility index (Phi) is 3.74. The Hall–Kier alpha value is -1.65. The van der Waals surface area contributed by atoms with Crippen LogP contribution in [0.4, 0.5) is 11.5 Å². The molecule has 0 unspecified atom stereocenters. The second kappa shape index (κ2) is 5.77. The van der Waals surface area contributed by atoms with Gasteiger partial charge in [0, 0.05) is 10.6 Å². The van der Waals surface area contributed by atoms with Gasteiger partial charge in [0.15, 0.2) is 0 Å². The SMILES string of the molecule is Cc1ccc(C)c(Nc2nc(Cl)nc3sc4c(c23)CCCC4)c1. The Morgan fingerprint density at radius 3 is 2.83 bits per heavy atom. The smallest absolute Gasteiger partial charge is 0.225 e. The molecule has 1 N–H and O–H groups in total. The van der Waals surface area contributed by atoms with Crippen LogP contribution in [-0.2, 0) is 12.8 Å². The van der Waals surface area contributed by atoms with Gasteiger partial charge in [-0.3, -0.25) is 0 Å². The molecule has 118 valence electrons. The minimum Gasteiger partial charge on any atom is -0.339 e. The van der Waals surface area contributed by atoms with E-state index >= 15 is 0 Å². The molecule has 0 atom stereocenters. The Balaban J connectivity index is 1.88. The van der Waals surface area contributed by atoms with E-state index in [-0.39, 0.29) is 0 Å². The van der Waals surface area contributed by atoms with Crippen LogP contribution in [0.1, 0.15) is 34.4 Å². The summed E-state index contributed by atoms with van der Waals surface area (Å²) in [6.07, 6.45) is 4.77. The maximum atomic E-state index is 6.17. The third-order valence-electron chi connectivity index (χ3n) is 4.43. The number of hydrogen-bond donors (Lipinski definition) is 1. The first kappa shape index (κ1) is 14.9. The van der Waals surface area contributed by atoms with Gasteiger partial charge in [-0.2, -0.15) is 4.98 Å². The van der Waals surface area contributed by atoms with Crippen molar-refractivity contribution in [1.82, 2.24) is 9.97 Å². The summed E-state index contributed by atoms with van der Waals surface area (Å²) < 4.78 is 0. The highest BCUT2D eigenvalue weighted by molar-refractivity contribution is 7.19. The molecule has 1 aliphatic carbocycles. The molecular weight excluding hydrogens is 326 g/mol. The summed E-state index contributed by atoms with van der Waals surface area (Å²) in [4.78, 5) is 11.4. The van der Waals surface area contributed by atoms with E-state index in [9.17, 15) is 0 Å². The lowest BCUT2D eigenvalue weighted by molar-refractivity contribution is 0.700. The van der Waals surface area contributed by atoms with Gasteiger partial charge in [0.25, 0.3) is 0 Å². The van der Waals surface area contributed by atoms with E-state index in [1.165, 1.54) is 34.4 Å². The number of aromatic nitrogens is 2. The molecular formula is C18H18ClN3S. The van der Waals surface area contributed by atoms with Crippen molar-refractivity contribution in [3.05, 3.63) is 45.1 Å². The van der Waals surface area contributed by atoms with Gasteiger partial charge in [-0.1, -0.05) is 12.1 Å². The second-order valence-corrected chi connectivity index (χ2v) is 7.60. The van der Waals surface area contributed by atoms with Crippen LogP contribution in [0.3, 0.4) is 0 Å². The van der Waals surface area contributed by atoms with Crippen molar-refractivity contribution in [1.29, 1.82) is 0 Å². The van der Waals surface area contributed by atoms with E-state index in [1.807, 2.05) is 0 Å². The van der Waals surface area contributed by atoms with Crippen LogP contribution in [0.5, 0.6) is 0 Å². The summed E-state index contributed by atoms with van der Waals surface area (Å²) in [7, 11) is 0. The Morgan fingerprint density at radius 1 is 1.13 bits per heavy atom. The fourth-order valence-corrected chi connectivity index (χ4v) is 4.70. The van der Waals surface area contributed by atoms with Crippen LogP contribution in [0.25, 0.3) is 10.2 Å². The molecule has 3 aromatic rings. The maximum Gasteiger partial charge on any atom is 0.225 e. The molecule has 0 saturated carbocycles. The average molecular weight is 344 g/mol. The zero-order valence-electron chi connectivity index (χ0n) is 13.2. The van der Waals surface area contributed by atoms with Gasteiger partial charge in [0.05, 0.1) is 5.39 Å². The lowest BCUT2D eigenvalue weighted by Crippen LogP contribution is -2.02. The van der Waals surface area contributed by atoms with Crippen LogP contribution >= 0.6 is 22.9 Å². The lowest BCUT2D eigenvalue weighted by Gasteiger charge is -2.14. The number of aryl methyl sites for hydroxylation is 4. The molecule has 2 aromatic heterocycles. The third-order valence-corrected chi connectivity index (χ3v) is 5.79. The Bertz CT molecular complexity index is 901. The summed E-state index contributed by atoms with van der Waals surface area (Å²) >= 11 is 7.94. The number of nitrogens with one attached hydrogen (secondary N) is 1. The van der Waals surface area contributed by atoms with Crippen molar-refractivity contribution in [3.8, 4) is 0 Å². The van der Waals surface area contributed by atoms with Crippen LogP contribution in [0, 0.1) is 13.8 Å². The second-order valence-electron chi connectivity index (χ2n) is 6.18. The predicted octanol–water partition coefficient (Wildman–Crippen LogP) is 5.58. The van der Waals surface area contributed by atoms with Gasteiger partial charge in [0.2, 0.25) is 5.28 Å². The minimum atomic E-state index is 0.309. The Labute approximate surface area is 144 Å². The van der Waals surface area contributed by atoms with E-state index in [4.69, 9.17) is 11.6 Å². The quantitative estimate of drug-likeness (QED) is 0.617. The summed E-state index contributed by atoms with van der Waals surface area (Å²) in [5, 5.41) is 4.98. The molecule has 1 aromatic carbocycles. The highest BCUT2D eigenvalue weighted by Gasteiger charge is 2.21. The molecule has 0 aliphatic heterocycles. The number of benzene rings is 1. The summed E-state index contributed by atoms with van der Waals surface area (Å²) in [5.41, 5.74) is 4.92. The van der Waals surface area contributed by atoms with E-state index in [1.54, 1.807) is 11.3 Å². The van der Waals surface area contributed by atoms with Gasteiger partial charge in [0.1, 0.15) is 10.6 Å². The fourth-order valence-electron chi connectivity index (χ4n) is 3.22. The van der Waals surface area contributed by atoms with Gasteiger partial charge in [-0.05, 0) is 73.9 Å². The normalized spacial score (nSPS) is 14.0. The summed E-state index contributed by atoms with van der Waals surface area (Å²) in [6, 6.07) is 6.40. The van der Waals surface area contributed by atoms with Crippen LogP contribution in [0.15, 0.2) is 18.2 Å². The first-order chi connectivity index (χ1) is 11.1. The van der Waals surface area contributed by atoms with E-state index in [0.717, 1.165) is 34.6 Å². The standard InChI is InChI=1S/C18H18ClN3S/c1-10-7-8-11(2)13(9-10)20-16-15-12-5-3-4-6-14(12)23-17(15)22-18(19)21-16/h7-9H,3-6H2,1-2H3,(H,20,21,22). The van der Waals surface area contributed by atoms with Crippen molar-refractivity contribution in [3.63, 3.8) is 0 Å². The number of anilines is 2. The zero-order chi connectivity index (χ0) is 16.0. The molecule has 4 rings (SSSR count). The highest BCUT2D eigenvalue weighted by Crippen LogP contribution is 2.40.